The van der Waals surface area contributed by atoms with E-state index in [4.69, 9.17) is 16.3 Å². The molecule has 0 aliphatic heterocycles. The Balaban J connectivity index is 2.13. The number of carbonyl (C=O) groups excluding carboxylic acids is 2. The summed E-state index contributed by atoms with van der Waals surface area (Å²) in [5.41, 5.74) is 2.92. The molecule has 5 nitrogen and oxygen atoms in total. The smallest absolute Gasteiger partial charge is 0.261 e. The number of unbranched alkanes of at least 4 members (excludes halogenated alkanes) is 1. The van der Waals surface area contributed by atoms with Gasteiger partial charge in [0.1, 0.15) is 11.8 Å². The number of ether oxygens (including phenoxy) is 1. The van der Waals surface area contributed by atoms with Crippen LogP contribution in [0.25, 0.3) is 0 Å². The number of benzene rings is 2. The van der Waals surface area contributed by atoms with Crippen molar-refractivity contribution < 1.29 is 14.3 Å². The summed E-state index contributed by atoms with van der Waals surface area (Å²) < 4.78 is 5.81. The van der Waals surface area contributed by atoms with Crippen LogP contribution in [0.4, 0.5) is 0 Å². The van der Waals surface area contributed by atoms with Crippen LogP contribution in [0, 0.1) is 13.8 Å². The number of hydrogen-bond donors (Lipinski definition) is 1. The summed E-state index contributed by atoms with van der Waals surface area (Å²) in [7, 11) is 0. The van der Waals surface area contributed by atoms with Crippen LogP contribution < -0.4 is 10.1 Å². The van der Waals surface area contributed by atoms with E-state index in [9.17, 15) is 9.59 Å². The second-order valence-corrected chi connectivity index (χ2v) is 8.43. The summed E-state index contributed by atoms with van der Waals surface area (Å²) in [6.45, 7) is 8.76. The summed E-state index contributed by atoms with van der Waals surface area (Å²) in [6.07, 6.45) is 3.13. The minimum atomic E-state index is -0.527. The van der Waals surface area contributed by atoms with Gasteiger partial charge < -0.3 is 15.0 Å². The van der Waals surface area contributed by atoms with Crippen LogP contribution in [-0.4, -0.2) is 42.5 Å². The molecule has 0 aliphatic carbocycles. The minimum absolute atomic E-state index is 0.111. The van der Waals surface area contributed by atoms with Gasteiger partial charge in [-0.1, -0.05) is 62.2 Å². The van der Waals surface area contributed by atoms with Gasteiger partial charge in [-0.05, 0) is 61.9 Å². The lowest BCUT2D eigenvalue weighted by Crippen LogP contribution is -2.51. The van der Waals surface area contributed by atoms with Crippen molar-refractivity contribution in [3.63, 3.8) is 0 Å². The van der Waals surface area contributed by atoms with E-state index >= 15 is 0 Å². The van der Waals surface area contributed by atoms with E-state index in [1.165, 1.54) is 0 Å². The second-order valence-electron chi connectivity index (χ2n) is 8.05. The molecule has 2 amide bonds. The van der Waals surface area contributed by atoms with Crippen molar-refractivity contribution in [3.05, 3.63) is 64.2 Å². The molecule has 0 saturated carbocycles. The van der Waals surface area contributed by atoms with E-state index in [1.54, 1.807) is 4.90 Å². The fourth-order valence-electron chi connectivity index (χ4n) is 3.62. The van der Waals surface area contributed by atoms with Gasteiger partial charge >= 0.3 is 0 Å². The van der Waals surface area contributed by atoms with Crippen molar-refractivity contribution in [2.45, 2.75) is 59.4 Å². The fraction of sp³-hybridized carbons (Fsp3) is 0.462. The van der Waals surface area contributed by atoms with Crippen molar-refractivity contribution in [1.29, 1.82) is 0 Å². The van der Waals surface area contributed by atoms with E-state index in [-0.39, 0.29) is 18.4 Å². The first kappa shape index (κ1) is 25.7. The van der Waals surface area contributed by atoms with E-state index in [1.807, 2.05) is 63.2 Å². The van der Waals surface area contributed by atoms with Crippen LogP contribution in [0.3, 0.4) is 0 Å². The summed E-state index contributed by atoms with van der Waals surface area (Å²) in [5.74, 6) is 0.283. The van der Waals surface area contributed by atoms with Crippen molar-refractivity contribution in [1.82, 2.24) is 10.2 Å². The number of halogens is 1. The highest BCUT2D eigenvalue weighted by molar-refractivity contribution is 6.32. The Hall–Kier alpha value is -2.53. The van der Waals surface area contributed by atoms with Gasteiger partial charge in [-0.3, -0.25) is 9.59 Å². The van der Waals surface area contributed by atoms with Crippen LogP contribution in [0.15, 0.2) is 42.5 Å². The molecule has 2 aromatic carbocycles. The first-order valence-electron chi connectivity index (χ1n) is 11.4. The molecule has 0 radical (unpaired) electrons. The number of nitrogens with one attached hydrogen (secondary N) is 1. The van der Waals surface area contributed by atoms with Crippen LogP contribution in [-0.2, 0) is 16.0 Å². The molecule has 32 heavy (non-hydrogen) atoms. The summed E-state index contributed by atoms with van der Waals surface area (Å²) in [4.78, 5) is 27.7. The molecule has 2 aromatic rings. The molecule has 2 rings (SSSR count). The lowest BCUT2D eigenvalue weighted by Gasteiger charge is -2.30. The zero-order valence-corrected chi connectivity index (χ0v) is 20.4. The minimum Gasteiger partial charge on any atom is -0.484 e. The summed E-state index contributed by atoms with van der Waals surface area (Å²) in [5, 5.41) is 3.67. The van der Waals surface area contributed by atoms with Gasteiger partial charge in [-0.15, -0.1) is 0 Å². The van der Waals surface area contributed by atoms with Gasteiger partial charge in [-0.2, -0.15) is 0 Å². The number of hydrogen-bond acceptors (Lipinski definition) is 3. The van der Waals surface area contributed by atoms with Gasteiger partial charge in [0.25, 0.3) is 5.91 Å². The maximum atomic E-state index is 13.2. The molecule has 1 N–H and O–H groups in total. The average Bonchev–Trinajstić information content (AvgIpc) is 2.79. The second kappa shape index (κ2) is 13.1. The lowest BCUT2D eigenvalue weighted by molar-refractivity contribution is -0.142. The maximum absolute atomic E-state index is 13.2. The monoisotopic (exact) mass is 458 g/mol. The fourth-order valence-corrected chi connectivity index (χ4v) is 3.73. The van der Waals surface area contributed by atoms with Gasteiger partial charge in [0.15, 0.2) is 6.61 Å². The number of carbonyl (C=O) groups is 2. The Kier molecular flexibility index (Phi) is 10.5. The number of nitrogens with zero attached hydrogens (tertiary/aromatic N) is 1. The Morgan fingerprint density at radius 1 is 1.09 bits per heavy atom. The first-order chi connectivity index (χ1) is 15.4. The highest BCUT2D eigenvalue weighted by atomic mass is 35.5. The molecular formula is C26H35ClN2O3. The molecule has 0 bridgehead atoms. The van der Waals surface area contributed by atoms with Crippen molar-refractivity contribution in [2.75, 3.05) is 19.7 Å². The van der Waals surface area contributed by atoms with Crippen molar-refractivity contribution in [3.8, 4) is 5.75 Å². The molecular weight excluding hydrogens is 424 g/mol. The number of amides is 2. The van der Waals surface area contributed by atoms with Crippen LogP contribution in [0.2, 0.25) is 5.02 Å². The molecule has 0 fully saturated rings. The van der Waals surface area contributed by atoms with E-state index in [2.05, 4.69) is 12.2 Å². The molecule has 0 heterocycles. The van der Waals surface area contributed by atoms with Gasteiger partial charge in [0.2, 0.25) is 5.91 Å². The van der Waals surface area contributed by atoms with Crippen molar-refractivity contribution >= 4 is 23.4 Å². The van der Waals surface area contributed by atoms with E-state index in [0.717, 1.165) is 29.5 Å². The third kappa shape index (κ3) is 7.56. The van der Waals surface area contributed by atoms with E-state index in [0.29, 0.717) is 36.7 Å². The largest absolute Gasteiger partial charge is 0.484 e. The SMILES string of the molecule is CCCCNC(=O)[C@H](CC)N(CCc1ccccc1)C(=O)COc1cc(C)c(Cl)c(C)c1. The summed E-state index contributed by atoms with van der Waals surface area (Å²) in [6, 6.07) is 13.1. The molecule has 0 unspecified atom stereocenters. The predicted molar refractivity (Wildman–Crippen MR) is 130 cm³/mol. The Morgan fingerprint density at radius 2 is 1.75 bits per heavy atom. The van der Waals surface area contributed by atoms with Crippen molar-refractivity contribution in [2.24, 2.45) is 0 Å². The summed E-state index contributed by atoms with van der Waals surface area (Å²) >= 11 is 6.23. The normalized spacial score (nSPS) is 11.7. The van der Waals surface area contributed by atoms with E-state index < -0.39 is 6.04 Å². The molecule has 6 heteroatoms. The standard InChI is InChI=1S/C26H35ClN2O3/c1-5-7-14-28-26(31)23(6-2)29(15-13-21-11-9-8-10-12-21)24(30)18-32-22-16-19(3)25(27)20(4)17-22/h8-12,16-17,23H,5-7,13-15,18H2,1-4H3,(H,28,31)/t23-/m0/s1. The Bertz CT molecular complexity index is 863. The molecule has 0 aromatic heterocycles. The number of rotatable bonds is 12. The van der Waals surface area contributed by atoms with Gasteiger partial charge in [0.05, 0.1) is 0 Å². The Labute approximate surface area is 197 Å². The molecule has 1 atom stereocenters. The molecule has 0 spiro atoms. The van der Waals surface area contributed by atoms with Crippen LogP contribution in [0.1, 0.15) is 49.8 Å². The van der Waals surface area contributed by atoms with Gasteiger partial charge in [-0.25, -0.2) is 0 Å². The first-order valence-corrected chi connectivity index (χ1v) is 11.8. The lowest BCUT2D eigenvalue weighted by atomic mass is 10.1. The third-order valence-electron chi connectivity index (χ3n) is 5.47. The third-order valence-corrected chi connectivity index (χ3v) is 6.07. The topological polar surface area (TPSA) is 58.6 Å². The maximum Gasteiger partial charge on any atom is 0.261 e. The molecule has 0 aliphatic rings. The highest BCUT2D eigenvalue weighted by Crippen LogP contribution is 2.26. The van der Waals surface area contributed by atoms with Crippen LogP contribution in [0.5, 0.6) is 5.75 Å². The molecule has 0 saturated heterocycles. The zero-order chi connectivity index (χ0) is 23.5. The molecule has 174 valence electrons. The number of aryl methyl sites for hydroxylation is 2. The Morgan fingerprint density at radius 3 is 2.34 bits per heavy atom. The average molecular weight is 459 g/mol. The van der Waals surface area contributed by atoms with Gasteiger partial charge in [0, 0.05) is 18.1 Å². The highest BCUT2D eigenvalue weighted by Gasteiger charge is 2.28. The predicted octanol–water partition coefficient (Wildman–Crippen LogP) is 5.10. The quantitative estimate of drug-likeness (QED) is 0.450. The van der Waals surface area contributed by atoms with Crippen LogP contribution >= 0.6 is 11.6 Å². The zero-order valence-electron chi connectivity index (χ0n) is 19.6.